The number of hydrogen-bond acceptors (Lipinski definition) is 7. The van der Waals surface area contributed by atoms with E-state index in [0.29, 0.717) is 0 Å². The van der Waals surface area contributed by atoms with Gasteiger partial charge in [-0.15, -0.1) is 0 Å². The smallest absolute Gasteiger partial charge is 0.326 e. The SMILES string of the molecule is CC(C)CC(NC(=O)C(C)N)C(=O)NC(CCC(N)=O)C(=O)NC(CC(=O)O)C(=O)O. The predicted octanol–water partition coefficient (Wildman–Crippen LogP) is -2.34. The van der Waals surface area contributed by atoms with Gasteiger partial charge in [-0.25, -0.2) is 4.79 Å². The van der Waals surface area contributed by atoms with Crippen molar-refractivity contribution in [3.8, 4) is 0 Å². The molecule has 31 heavy (non-hydrogen) atoms. The van der Waals surface area contributed by atoms with Crippen molar-refractivity contribution in [3.63, 3.8) is 0 Å². The summed E-state index contributed by atoms with van der Waals surface area (Å²) in [5.74, 6) is -6.18. The van der Waals surface area contributed by atoms with Gasteiger partial charge >= 0.3 is 11.9 Å². The summed E-state index contributed by atoms with van der Waals surface area (Å²) in [5.41, 5.74) is 10.6. The fourth-order valence-electron chi connectivity index (χ4n) is 2.48. The van der Waals surface area contributed by atoms with Crippen LogP contribution in [0.1, 0.15) is 46.5 Å². The van der Waals surface area contributed by atoms with Crippen LogP contribution in [0.3, 0.4) is 0 Å². The highest BCUT2D eigenvalue weighted by Crippen LogP contribution is 2.08. The second-order valence-corrected chi connectivity index (χ2v) is 7.54. The summed E-state index contributed by atoms with van der Waals surface area (Å²) in [4.78, 5) is 70.3. The molecule has 0 aliphatic heterocycles. The number of nitrogens with one attached hydrogen (secondary N) is 3. The Hall–Kier alpha value is -3.22. The topological polar surface area (TPSA) is 231 Å². The van der Waals surface area contributed by atoms with Crippen molar-refractivity contribution >= 4 is 35.6 Å². The van der Waals surface area contributed by atoms with Gasteiger partial charge in [-0.1, -0.05) is 13.8 Å². The van der Waals surface area contributed by atoms with Crippen LogP contribution in [0.25, 0.3) is 0 Å². The zero-order valence-corrected chi connectivity index (χ0v) is 17.7. The Bertz CT molecular complexity index is 694. The van der Waals surface area contributed by atoms with Crippen LogP contribution in [0, 0.1) is 5.92 Å². The molecule has 0 radical (unpaired) electrons. The first-order chi connectivity index (χ1) is 14.2. The van der Waals surface area contributed by atoms with Gasteiger partial charge in [0.05, 0.1) is 12.5 Å². The van der Waals surface area contributed by atoms with Crippen molar-refractivity contribution in [1.82, 2.24) is 16.0 Å². The number of hydrogen-bond donors (Lipinski definition) is 7. The lowest BCUT2D eigenvalue weighted by Crippen LogP contribution is -2.57. The van der Waals surface area contributed by atoms with E-state index < -0.39 is 66.2 Å². The van der Waals surface area contributed by atoms with Gasteiger partial charge in [0.2, 0.25) is 23.6 Å². The van der Waals surface area contributed by atoms with E-state index in [2.05, 4.69) is 10.6 Å². The van der Waals surface area contributed by atoms with Gasteiger partial charge in [0.15, 0.2) is 0 Å². The molecule has 4 amide bonds. The number of carboxylic acid groups (broad SMARTS) is 2. The molecule has 0 heterocycles. The first-order valence-electron chi connectivity index (χ1n) is 9.64. The third kappa shape index (κ3) is 11.5. The number of carboxylic acids is 2. The largest absolute Gasteiger partial charge is 0.481 e. The van der Waals surface area contributed by atoms with E-state index in [1.807, 2.05) is 5.32 Å². The Morgan fingerprint density at radius 1 is 0.806 bits per heavy atom. The Morgan fingerprint density at radius 2 is 1.29 bits per heavy atom. The number of rotatable bonds is 14. The molecule has 0 aromatic carbocycles. The lowest BCUT2D eigenvalue weighted by atomic mass is 10.0. The summed E-state index contributed by atoms with van der Waals surface area (Å²) in [6.45, 7) is 5.04. The Labute approximate surface area is 179 Å². The van der Waals surface area contributed by atoms with Gasteiger partial charge in [0.25, 0.3) is 0 Å². The van der Waals surface area contributed by atoms with Crippen LogP contribution < -0.4 is 27.4 Å². The summed E-state index contributed by atoms with van der Waals surface area (Å²) in [7, 11) is 0. The van der Waals surface area contributed by atoms with Crippen LogP contribution in [0.5, 0.6) is 0 Å². The van der Waals surface area contributed by atoms with Crippen molar-refractivity contribution in [1.29, 1.82) is 0 Å². The molecule has 0 fully saturated rings. The normalized spacial score (nSPS) is 14.6. The molecule has 0 saturated carbocycles. The number of carbonyl (C=O) groups is 6. The summed E-state index contributed by atoms with van der Waals surface area (Å²) in [5, 5.41) is 24.7. The van der Waals surface area contributed by atoms with Crippen LogP contribution in [-0.2, 0) is 28.8 Å². The molecule has 0 aliphatic rings. The Morgan fingerprint density at radius 3 is 1.71 bits per heavy atom. The predicted molar refractivity (Wildman–Crippen MR) is 107 cm³/mol. The van der Waals surface area contributed by atoms with E-state index in [1.165, 1.54) is 6.92 Å². The molecule has 9 N–H and O–H groups in total. The molecule has 0 bridgehead atoms. The van der Waals surface area contributed by atoms with Gasteiger partial charge in [-0.3, -0.25) is 24.0 Å². The molecule has 0 aliphatic carbocycles. The fraction of sp³-hybridized carbons (Fsp3) is 0.667. The molecule has 176 valence electrons. The number of amides is 4. The molecule has 4 atom stereocenters. The van der Waals surface area contributed by atoms with Gasteiger partial charge in [-0.05, 0) is 25.7 Å². The van der Waals surface area contributed by atoms with Gasteiger partial charge in [0.1, 0.15) is 18.1 Å². The van der Waals surface area contributed by atoms with E-state index in [9.17, 15) is 28.8 Å². The number of carbonyl (C=O) groups excluding carboxylic acids is 4. The van der Waals surface area contributed by atoms with E-state index in [1.54, 1.807) is 13.8 Å². The van der Waals surface area contributed by atoms with Crippen LogP contribution in [0.4, 0.5) is 0 Å². The Balaban J connectivity index is 5.52. The molecule has 0 spiro atoms. The maximum absolute atomic E-state index is 12.7. The quantitative estimate of drug-likeness (QED) is 0.151. The van der Waals surface area contributed by atoms with Gasteiger partial charge in [0, 0.05) is 6.42 Å². The second kappa shape index (κ2) is 13.2. The van der Waals surface area contributed by atoms with E-state index in [4.69, 9.17) is 21.7 Å². The Kier molecular flexibility index (Phi) is 11.8. The molecular weight excluding hydrogens is 414 g/mol. The van der Waals surface area contributed by atoms with E-state index in [-0.39, 0.29) is 25.2 Å². The molecule has 0 aromatic heterocycles. The van der Waals surface area contributed by atoms with E-state index in [0.717, 1.165) is 0 Å². The summed E-state index contributed by atoms with van der Waals surface area (Å²) >= 11 is 0. The fourth-order valence-corrected chi connectivity index (χ4v) is 2.48. The highest BCUT2D eigenvalue weighted by Gasteiger charge is 2.31. The minimum atomic E-state index is -1.75. The van der Waals surface area contributed by atoms with Crippen molar-refractivity contribution < 1.29 is 39.0 Å². The van der Waals surface area contributed by atoms with Gasteiger partial charge < -0.3 is 37.6 Å². The summed E-state index contributed by atoms with van der Waals surface area (Å²) in [6, 6.07) is -5.07. The standard InChI is InChI=1S/C18H31N5O8/c1-8(2)6-11(22-15(27)9(3)19)17(29)21-10(4-5-13(20)24)16(28)23-12(18(30)31)7-14(25)26/h8-12H,4-7,19H2,1-3H3,(H2,20,24)(H,21,29)(H,22,27)(H,23,28)(H,25,26)(H,30,31). The zero-order chi connectivity index (χ0) is 24.3. The number of aliphatic carboxylic acids is 2. The highest BCUT2D eigenvalue weighted by molar-refractivity contribution is 5.94. The maximum Gasteiger partial charge on any atom is 0.326 e. The lowest BCUT2D eigenvalue weighted by Gasteiger charge is -2.25. The van der Waals surface area contributed by atoms with Crippen LogP contribution in [0.15, 0.2) is 0 Å². The number of primary amides is 1. The number of nitrogens with two attached hydrogens (primary N) is 2. The third-order valence-electron chi connectivity index (χ3n) is 4.06. The van der Waals surface area contributed by atoms with Gasteiger partial charge in [-0.2, -0.15) is 0 Å². The van der Waals surface area contributed by atoms with Crippen molar-refractivity contribution in [2.75, 3.05) is 0 Å². The minimum Gasteiger partial charge on any atom is -0.481 e. The molecule has 4 unspecified atom stereocenters. The molecule has 0 saturated heterocycles. The first-order valence-corrected chi connectivity index (χ1v) is 9.64. The first kappa shape index (κ1) is 27.8. The minimum absolute atomic E-state index is 0.0195. The molecule has 0 aromatic rings. The average Bonchev–Trinajstić information content (AvgIpc) is 2.62. The molecular formula is C18H31N5O8. The lowest BCUT2D eigenvalue weighted by molar-refractivity contribution is -0.147. The monoisotopic (exact) mass is 445 g/mol. The van der Waals surface area contributed by atoms with Crippen molar-refractivity contribution in [2.45, 2.75) is 70.6 Å². The maximum atomic E-state index is 12.7. The van der Waals surface area contributed by atoms with Crippen LogP contribution >= 0.6 is 0 Å². The van der Waals surface area contributed by atoms with Crippen molar-refractivity contribution in [3.05, 3.63) is 0 Å². The highest BCUT2D eigenvalue weighted by atomic mass is 16.4. The summed E-state index contributed by atoms with van der Waals surface area (Å²) < 4.78 is 0. The van der Waals surface area contributed by atoms with Crippen LogP contribution in [0.2, 0.25) is 0 Å². The molecule has 13 heteroatoms. The zero-order valence-electron chi connectivity index (χ0n) is 17.7. The second-order valence-electron chi connectivity index (χ2n) is 7.54. The van der Waals surface area contributed by atoms with Crippen LogP contribution in [-0.4, -0.2) is 69.9 Å². The molecule has 13 nitrogen and oxygen atoms in total. The molecule has 0 rings (SSSR count). The average molecular weight is 445 g/mol. The van der Waals surface area contributed by atoms with Crippen molar-refractivity contribution in [2.24, 2.45) is 17.4 Å². The third-order valence-corrected chi connectivity index (χ3v) is 4.06. The van der Waals surface area contributed by atoms with E-state index >= 15 is 0 Å². The summed E-state index contributed by atoms with van der Waals surface area (Å²) in [6.07, 6.45) is -1.25.